The van der Waals surface area contributed by atoms with E-state index in [1.165, 1.54) is 18.4 Å². The Labute approximate surface area is 274 Å². The van der Waals surface area contributed by atoms with E-state index in [1.54, 1.807) is 18.1 Å². The summed E-state index contributed by atoms with van der Waals surface area (Å²) >= 11 is 1.61. The van der Waals surface area contributed by atoms with Crippen LogP contribution in [0.4, 0.5) is 5.82 Å². The third kappa shape index (κ3) is 6.21. The van der Waals surface area contributed by atoms with Crippen LogP contribution >= 0.6 is 11.8 Å². The number of rotatable bonds is 7. The van der Waals surface area contributed by atoms with Gasteiger partial charge in [0.2, 0.25) is 0 Å². The van der Waals surface area contributed by atoms with Crippen LogP contribution in [0.1, 0.15) is 42.9 Å². The first-order valence-electron chi connectivity index (χ1n) is 16.1. The Balaban J connectivity index is 1.10. The molecule has 2 N–H and O–H groups in total. The fourth-order valence-corrected chi connectivity index (χ4v) is 7.78. The second kappa shape index (κ2) is 13.2. The molecule has 0 bridgehead atoms. The summed E-state index contributed by atoms with van der Waals surface area (Å²) in [5, 5.41) is 10.9. The van der Waals surface area contributed by atoms with E-state index >= 15 is 0 Å². The highest BCUT2D eigenvalue weighted by atomic mass is 32.2. The number of anilines is 1. The number of piperazine rings is 1. The van der Waals surface area contributed by atoms with Crippen LogP contribution < -0.4 is 10.5 Å². The van der Waals surface area contributed by atoms with Crippen LogP contribution in [0.5, 0.6) is 11.5 Å². The molecule has 5 aromatic rings. The van der Waals surface area contributed by atoms with Crippen molar-refractivity contribution in [2.24, 2.45) is 0 Å². The first-order chi connectivity index (χ1) is 22.5. The SMILES string of the molecule is Cc1ccc(Sc2cccc(-c3ccc(Oc4cn(C5CCC(N6CCN(C)CC6)CC5)c5ncnc(N)c45)cc3)c2C#N)cc1. The molecule has 1 aliphatic carbocycles. The highest BCUT2D eigenvalue weighted by Gasteiger charge is 2.30. The highest BCUT2D eigenvalue weighted by Crippen LogP contribution is 2.41. The first kappa shape index (κ1) is 30.3. The second-order valence-electron chi connectivity index (χ2n) is 12.5. The number of aromatic nitrogens is 3. The zero-order valence-electron chi connectivity index (χ0n) is 26.4. The van der Waals surface area contributed by atoms with Gasteiger partial charge in [-0.2, -0.15) is 5.26 Å². The maximum Gasteiger partial charge on any atom is 0.158 e. The smallest absolute Gasteiger partial charge is 0.158 e. The normalized spacial score (nSPS) is 19.2. The van der Waals surface area contributed by atoms with Gasteiger partial charge in [0.25, 0.3) is 0 Å². The number of nitrogens with zero attached hydrogens (tertiary/aromatic N) is 6. The zero-order chi connectivity index (χ0) is 31.6. The van der Waals surface area contributed by atoms with Crippen molar-refractivity contribution in [3.63, 3.8) is 0 Å². The molecule has 46 heavy (non-hydrogen) atoms. The molecule has 0 atom stereocenters. The zero-order valence-corrected chi connectivity index (χ0v) is 27.2. The topological polar surface area (TPSA) is 96.2 Å². The van der Waals surface area contributed by atoms with Gasteiger partial charge in [0.1, 0.15) is 35.0 Å². The molecule has 0 radical (unpaired) electrons. The molecule has 234 valence electrons. The van der Waals surface area contributed by atoms with Gasteiger partial charge in [0, 0.05) is 59.8 Å². The van der Waals surface area contributed by atoms with Crippen LogP contribution in [-0.4, -0.2) is 63.6 Å². The molecule has 1 saturated carbocycles. The standard InChI is InChI=1S/C37H39N7OS/c1-25-6-16-30(17-7-25)46-34-5-3-4-31(32(34)22-38)26-8-14-29(15-9-26)45-33-23-44(37-35(33)36(39)40-24-41-37)28-12-10-27(11-13-28)43-20-18-42(2)19-21-43/h3-9,14-17,23-24,27-28H,10-13,18-21H2,1-2H3,(H2,39,40,41). The third-order valence-corrected chi connectivity index (χ3v) is 10.6. The summed E-state index contributed by atoms with van der Waals surface area (Å²) in [6, 6.07) is 25.7. The van der Waals surface area contributed by atoms with Crippen molar-refractivity contribution in [2.75, 3.05) is 39.0 Å². The van der Waals surface area contributed by atoms with Crippen molar-refractivity contribution in [1.29, 1.82) is 5.26 Å². The van der Waals surface area contributed by atoms with Crippen LogP contribution in [0.3, 0.4) is 0 Å². The average molecular weight is 630 g/mol. The summed E-state index contributed by atoms with van der Waals surface area (Å²) in [7, 11) is 2.21. The number of nitrogen functional groups attached to an aromatic ring is 1. The Morgan fingerprint density at radius 3 is 2.33 bits per heavy atom. The molecule has 0 amide bonds. The van der Waals surface area contributed by atoms with E-state index < -0.39 is 0 Å². The van der Waals surface area contributed by atoms with Gasteiger partial charge in [-0.25, -0.2) is 9.97 Å². The van der Waals surface area contributed by atoms with E-state index in [0.717, 1.165) is 71.0 Å². The Bertz CT molecular complexity index is 1860. The minimum absolute atomic E-state index is 0.342. The maximum absolute atomic E-state index is 10.1. The lowest BCUT2D eigenvalue weighted by Gasteiger charge is -2.41. The molecule has 1 aliphatic heterocycles. The third-order valence-electron chi connectivity index (χ3n) is 9.50. The van der Waals surface area contributed by atoms with Gasteiger partial charge in [-0.15, -0.1) is 0 Å². The lowest BCUT2D eigenvalue weighted by atomic mass is 9.89. The number of hydrogen-bond donors (Lipinski definition) is 1. The van der Waals surface area contributed by atoms with E-state index in [4.69, 9.17) is 10.5 Å². The number of nitriles is 1. The molecule has 3 heterocycles. The summed E-state index contributed by atoms with van der Waals surface area (Å²) in [5.74, 6) is 1.77. The van der Waals surface area contributed by atoms with Gasteiger partial charge >= 0.3 is 0 Å². The maximum atomic E-state index is 10.1. The van der Waals surface area contributed by atoms with E-state index in [2.05, 4.69) is 74.8 Å². The Kier molecular flexibility index (Phi) is 8.67. The molecule has 2 aromatic heterocycles. The molecule has 1 saturated heterocycles. The fraction of sp³-hybridized carbons (Fsp3) is 0.324. The molecule has 2 aliphatic rings. The lowest BCUT2D eigenvalue weighted by molar-refractivity contribution is 0.0827. The van der Waals surface area contributed by atoms with Crippen molar-refractivity contribution in [1.82, 2.24) is 24.3 Å². The summed E-state index contributed by atoms with van der Waals surface area (Å²) in [5.41, 5.74) is 11.0. The average Bonchev–Trinajstić information content (AvgIpc) is 3.45. The summed E-state index contributed by atoms with van der Waals surface area (Å²) < 4.78 is 8.72. The van der Waals surface area contributed by atoms with Crippen LogP contribution in [0.2, 0.25) is 0 Å². The van der Waals surface area contributed by atoms with Gasteiger partial charge in [-0.1, -0.05) is 53.7 Å². The van der Waals surface area contributed by atoms with Gasteiger partial charge in [0.15, 0.2) is 5.75 Å². The quantitative estimate of drug-likeness (QED) is 0.197. The number of benzene rings is 3. The number of hydrogen-bond acceptors (Lipinski definition) is 8. The molecule has 3 aromatic carbocycles. The van der Waals surface area contributed by atoms with Gasteiger partial charge < -0.3 is 19.9 Å². The molecule has 2 fully saturated rings. The number of aryl methyl sites for hydroxylation is 1. The number of ether oxygens (including phenoxy) is 1. The minimum Gasteiger partial charge on any atom is -0.455 e. The summed E-state index contributed by atoms with van der Waals surface area (Å²) in [6.45, 7) is 6.70. The van der Waals surface area contributed by atoms with Crippen molar-refractivity contribution in [2.45, 2.75) is 54.5 Å². The minimum atomic E-state index is 0.342. The monoisotopic (exact) mass is 629 g/mol. The van der Waals surface area contributed by atoms with E-state index in [9.17, 15) is 5.26 Å². The predicted octanol–water partition coefficient (Wildman–Crippen LogP) is 7.54. The molecule has 0 spiro atoms. The van der Waals surface area contributed by atoms with E-state index in [-0.39, 0.29) is 0 Å². The lowest BCUT2D eigenvalue weighted by Crippen LogP contribution is -2.49. The fourth-order valence-electron chi connectivity index (χ4n) is 6.85. The van der Waals surface area contributed by atoms with Gasteiger partial charge in [0.05, 0.1) is 5.56 Å². The number of likely N-dealkylation sites (N-methyl/N-ethyl adjacent to an activating group) is 1. The number of fused-ring (bicyclic) bond motifs is 1. The summed E-state index contributed by atoms with van der Waals surface area (Å²) in [6.07, 6.45) is 8.16. The Morgan fingerprint density at radius 1 is 0.891 bits per heavy atom. The molecule has 0 unspecified atom stereocenters. The van der Waals surface area contributed by atoms with Crippen LogP contribution in [0.15, 0.2) is 89.0 Å². The molecular formula is C37H39N7OS. The first-order valence-corrected chi connectivity index (χ1v) is 16.9. The van der Waals surface area contributed by atoms with Gasteiger partial charge in [-0.3, -0.25) is 4.90 Å². The molecule has 7 rings (SSSR count). The van der Waals surface area contributed by atoms with Crippen molar-refractivity contribution in [3.8, 4) is 28.7 Å². The van der Waals surface area contributed by atoms with Gasteiger partial charge in [-0.05, 0) is 75.5 Å². The Morgan fingerprint density at radius 2 is 1.61 bits per heavy atom. The molecule has 8 nitrogen and oxygen atoms in total. The largest absolute Gasteiger partial charge is 0.455 e. The molecular weight excluding hydrogens is 591 g/mol. The van der Waals surface area contributed by atoms with Crippen LogP contribution in [-0.2, 0) is 0 Å². The highest BCUT2D eigenvalue weighted by molar-refractivity contribution is 7.99. The summed E-state index contributed by atoms with van der Waals surface area (Å²) in [4.78, 5) is 16.1. The van der Waals surface area contributed by atoms with Crippen LogP contribution in [0, 0.1) is 18.3 Å². The van der Waals surface area contributed by atoms with Crippen molar-refractivity contribution < 1.29 is 4.74 Å². The second-order valence-corrected chi connectivity index (χ2v) is 13.6. The van der Waals surface area contributed by atoms with E-state index in [1.807, 2.05) is 42.5 Å². The van der Waals surface area contributed by atoms with Crippen molar-refractivity contribution in [3.05, 3.63) is 90.4 Å². The predicted molar refractivity (Wildman–Crippen MR) is 184 cm³/mol. The Hall–Kier alpha value is -4.36. The van der Waals surface area contributed by atoms with E-state index in [0.29, 0.717) is 35.0 Å². The number of nitrogens with two attached hydrogens (primary N) is 1. The van der Waals surface area contributed by atoms with Crippen molar-refractivity contribution >= 4 is 28.6 Å². The molecule has 9 heteroatoms. The van der Waals surface area contributed by atoms with Crippen LogP contribution in [0.25, 0.3) is 22.2 Å².